The van der Waals surface area contributed by atoms with E-state index < -0.39 is 0 Å². The Bertz CT molecular complexity index is 1160. The van der Waals surface area contributed by atoms with Crippen LogP contribution in [0.4, 0.5) is 0 Å². The zero-order valence-corrected chi connectivity index (χ0v) is 18.8. The van der Waals surface area contributed by atoms with Crippen LogP contribution in [0.3, 0.4) is 0 Å². The van der Waals surface area contributed by atoms with Gasteiger partial charge in [-0.05, 0) is 66.1 Å². The minimum Gasteiger partial charge on any atom is -0.493 e. The van der Waals surface area contributed by atoms with Gasteiger partial charge in [-0.1, -0.05) is 61.0 Å². The average molecular weight is 445 g/mol. The van der Waals surface area contributed by atoms with Crippen LogP contribution in [0, 0.1) is 11.8 Å². The number of carbonyl (C=O) groups is 1. The van der Waals surface area contributed by atoms with Crippen LogP contribution >= 0.6 is 11.6 Å². The Hall–Kier alpha value is -3.04. The predicted molar refractivity (Wildman–Crippen MR) is 127 cm³/mol. The highest BCUT2D eigenvalue weighted by Crippen LogP contribution is 2.37. The fraction of sp³-hybridized carbons (Fsp3) is 0.250. The highest BCUT2D eigenvalue weighted by molar-refractivity contribution is 6.32. The highest BCUT2D eigenvalue weighted by Gasteiger charge is 2.30. The number of Topliss-reactive ketones (excluding diaryl/α,β-unsaturated/α-hetero) is 1. The molecule has 0 atom stereocenters. The monoisotopic (exact) mass is 444 g/mol. The van der Waals surface area contributed by atoms with Crippen LogP contribution in [0.2, 0.25) is 5.02 Å². The van der Waals surface area contributed by atoms with Crippen molar-refractivity contribution < 1.29 is 14.3 Å². The maximum absolute atomic E-state index is 13.4. The van der Waals surface area contributed by atoms with Gasteiger partial charge in [0.2, 0.25) is 5.78 Å². The van der Waals surface area contributed by atoms with Gasteiger partial charge in [-0.25, -0.2) is 0 Å². The molecule has 0 aromatic heterocycles. The number of para-hydroxylation sites is 1. The van der Waals surface area contributed by atoms with Crippen LogP contribution in [0.15, 0.2) is 78.6 Å². The number of rotatable bonds is 6. The first kappa shape index (κ1) is 20.8. The maximum atomic E-state index is 13.4. The lowest BCUT2D eigenvalue weighted by Crippen LogP contribution is -2.26. The molecule has 0 amide bonds. The average Bonchev–Trinajstić information content (AvgIpc) is 2.79. The van der Waals surface area contributed by atoms with E-state index in [0.717, 1.165) is 35.0 Å². The summed E-state index contributed by atoms with van der Waals surface area (Å²) in [5, 5.41) is 0.599. The molecule has 3 aromatic carbocycles. The van der Waals surface area contributed by atoms with E-state index >= 15 is 0 Å². The van der Waals surface area contributed by atoms with E-state index in [1.165, 1.54) is 12.8 Å². The molecule has 5 rings (SSSR count). The number of ketones is 1. The molecular weight excluding hydrogens is 420 g/mol. The van der Waals surface area contributed by atoms with Gasteiger partial charge in [0.15, 0.2) is 5.76 Å². The number of ether oxygens (including phenoxy) is 2. The molecule has 1 saturated carbocycles. The smallest absolute Gasteiger partial charge is 0.228 e. The van der Waals surface area contributed by atoms with Gasteiger partial charge < -0.3 is 9.47 Å². The van der Waals surface area contributed by atoms with E-state index in [1.54, 1.807) is 6.07 Å². The molecular formula is C28H25ClO3. The first-order valence-electron chi connectivity index (χ1n) is 11.1. The van der Waals surface area contributed by atoms with E-state index in [-0.39, 0.29) is 5.78 Å². The zero-order chi connectivity index (χ0) is 22.1. The van der Waals surface area contributed by atoms with Crippen molar-refractivity contribution in [1.82, 2.24) is 0 Å². The third kappa shape index (κ3) is 4.18. The summed E-state index contributed by atoms with van der Waals surface area (Å²) in [5.74, 6) is 3.16. The van der Waals surface area contributed by atoms with Crippen molar-refractivity contribution in [2.24, 2.45) is 11.8 Å². The number of hydrogen-bond acceptors (Lipinski definition) is 3. The Balaban J connectivity index is 1.45. The fourth-order valence-electron chi connectivity index (χ4n) is 4.59. The van der Waals surface area contributed by atoms with Crippen molar-refractivity contribution in [1.29, 1.82) is 0 Å². The van der Waals surface area contributed by atoms with Crippen molar-refractivity contribution in [3.63, 3.8) is 0 Å². The molecule has 0 heterocycles. The van der Waals surface area contributed by atoms with E-state index in [9.17, 15) is 4.79 Å². The minimum atomic E-state index is -0.146. The summed E-state index contributed by atoms with van der Waals surface area (Å²) in [6.07, 6.45) is 3.02. The van der Waals surface area contributed by atoms with Gasteiger partial charge in [-0.2, -0.15) is 0 Å². The fourth-order valence-corrected chi connectivity index (χ4v) is 4.83. The van der Waals surface area contributed by atoms with E-state index in [4.69, 9.17) is 21.1 Å². The van der Waals surface area contributed by atoms with Crippen molar-refractivity contribution in [3.05, 3.63) is 100 Å². The molecule has 0 spiro atoms. The molecule has 0 aliphatic heterocycles. The summed E-state index contributed by atoms with van der Waals surface area (Å²) in [7, 11) is 0. The Morgan fingerprint density at radius 1 is 0.906 bits per heavy atom. The molecule has 0 N–H and O–H groups in total. The van der Waals surface area contributed by atoms with Crippen molar-refractivity contribution in [3.8, 4) is 11.5 Å². The molecule has 162 valence electrons. The topological polar surface area (TPSA) is 35.5 Å². The number of benzene rings is 3. The molecule has 0 radical (unpaired) electrons. The van der Waals surface area contributed by atoms with Gasteiger partial charge in [0.05, 0.1) is 6.61 Å². The number of hydrogen-bond donors (Lipinski definition) is 0. The maximum Gasteiger partial charge on any atom is 0.228 e. The van der Waals surface area contributed by atoms with Crippen LogP contribution in [-0.4, -0.2) is 12.4 Å². The quantitative estimate of drug-likeness (QED) is 0.410. The van der Waals surface area contributed by atoms with Crippen molar-refractivity contribution in [2.45, 2.75) is 26.2 Å². The molecule has 0 bridgehead atoms. The molecule has 32 heavy (non-hydrogen) atoms. The van der Waals surface area contributed by atoms with Crippen LogP contribution in [0.5, 0.6) is 11.5 Å². The summed E-state index contributed by atoms with van der Waals surface area (Å²) >= 11 is 6.46. The second kappa shape index (κ2) is 8.84. The van der Waals surface area contributed by atoms with Gasteiger partial charge in [-0.15, -0.1) is 0 Å². The van der Waals surface area contributed by atoms with Gasteiger partial charge in [0, 0.05) is 22.6 Å². The number of carbonyl (C=O) groups excluding carboxylic acids is 1. The zero-order valence-electron chi connectivity index (χ0n) is 18.0. The molecule has 1 fully saturated rings. The van der Waals surface area contributed by atoms with Crippen LogP contribution in [0.1, 0.15) is 41.3 Å². The van der Waals surface area contributed by atoms with Crippen LogP contribution < -0.4 is 9.47 Å². The number of halogens is 1. The predicted octanol–water partition coefficient (Wildman–Crippen LogP) is 6.99. The Labute approximate surface area is 193 Å². The SMILES string of the molecule is CC1CC(COc2ccc(C3=C(Oc4ccccc4)C(=O)c4cccc(Cl)c4C3)cc2)C1. The number of allylic oxidation sites excluding steroid dienone is 2. The van der Waals surface area contributed by atoms with Crippen molar-refractivity contribution in [2.75, 3.05) is 6.61 Å². The molecule has 3 aromatic rings. The Morgan fingerprint density at radius 3 is 2.38 bits per heavy atom. The largest absolute Gasteiger partial charge is 0.493 e. The van der Waals surface area contributed by atoms with Crippen LogP contribution in [0.25, 0.3) is 5.57 Å². The first-order valence-corrected chi connectivity index (χ1v) is 11.5. The third-order valence-electron chi connectivity index (χ3n) is 6.32. The molecule has 4 heteroatoms. The summed E-state index contributed by atoms with van der Waals surface area (Å²) in [6, 6.07) is 22.8. The summed E-state index contributed by atoms with van der Waals surface area (Å²) in [6.45, 7) is 3.04. The van der Waals surface area contributed by atoms with Gasteiger partial charge in [-0.3, -0.25) is 4.79 Å². The highest BCUT2D eigenvalue weighted by atomic mass is 35.5. The second-order valence-electron chi connectivity index (χ2n) is 8.77. The lowest BCUT2D eigenvalue weighted by atomic mass is 9.77. The van der Waals surface area contributed by atoms with E-state index in [2.05, 4.69) is 6.92 Å². The van der Waals surface area contributed by atoms with E-state index in [0.29, 0.717) is 34.4 Å². The van der Waals surface area contributed by atoms with Gasteiger partial charge in [0.1, 0.15) is 11.5 Å². The standard InChI is InChI=1S/C28H25ClO3/c1-18-14-19(15-18)17-31-21-12-10-20(11-13-21)24-16-25-23(8-5-9-26(25)29)27(30)28(24)32-22-6-3-2-4-7-22/h2-13,18-19H,14-17H2,1H3. The molecule has 0 saturated heterocycles. The number of fused-ring (bicyclic) bond motifs is 1. The minimum absolute atomic E-state index is 0.146. The summed E-state index contributed by atoms with van der Waals surface area (Å²) in [5.41, 5.74) is 3.20. The van der Waals surface area contributed by atoms with Crippen LogP contribution in [-0.2, 0) is 6.42 Å². The molecule has 3 nitrogen and oxygen atoms in total. The van der Waals surface area contributed by atoms with Gasteiger partial charge in [0.25, 0.3) is 0 Å². The first-order chi connectivity index (χ1) is 15.6. The lowest BCUT2D eigenvalue weighted by molar-refractivity contribution is 0.0984. The molecule has 0 unspecified atom stereocenters. The normalized spacial score (nSPS) is 19.9. The lowest BCUT2D eigenvalue weighted by Gasteiger charge is -2.32. The summed E-state index contributed by atoms with van der Waals surface area (Å²) < 4.78 is 12.1. The summed E-state index contributed by atoms with van der Waals surface area (Å²) in [4.78, 5) is 13.4. The second-order valence-corrected chi connectivity index (χ2v) is 9.18. The Morgan fingerprint density at radius 2 is 1.66 bits per heavy atom. The third-order valence-corrected chi connectivity index (χ3v) is 6.67. The van der Waals surface area contributed by atoms with Crippen molar-refractivity contribution >= 4 is 23.0 Å². The Kier molecular flexibility index (Phi) is 5.75. The molecule has 2 aliphatic carbocycles. The van der Waals surface area contributed by atoms with Gasteiger partial charge >= 0.3 is 0 Å². The van der Waals surface area contributed by atoms with E-state index in [1.807, 2.05) is 66.7 Å². The molecule has 2 aliphatic rings.